The van der Waals surface area contributed by atoms with Crippen LogP contribution in [0.5, 0.6) is 5.88 Å². The van der Waals surface area contributed by atoms with Crippen LogP contribution in [0.15, 0.2) is 55.0 Å². The lowest BCUT2D eigenvalue weighted by Crippen LogP contribution is -2.41. The molecule has 206 valence electrons. The maximum absolute atomic E-state index is 6.06. The lowest BCUT2D eigenvalue weighted by molar-refractivity contribution is -0.0791. The van der Waals surface area contributed by atoms with Crippen molar-refractivity contribution in [2.24, 2.45) is 13.0 Å². The number of rotatable bonds is 14. The van der Waals surface area contributed by atoms with Gasteiger partial charge in [-0.15, -0.1) is 0 Å². The molecule has 2 aliphatic rings. The first-order chi connectivity index (χ1) is 19.2. The van der Waals surface area contributed by atoms with Gasteiger partial charge in [0, 0.05) is 73.0 Å². The van der Waals surface area contributed by atoms with E-state index in [4.69, 9.17) is 18.9 Å². The molecule has 1 saturated heterocycles. The Balaban J connectivity index is 0.877. The maximum atomic E-state index is 6.06. The highest BCUT2D eigenvalue weighted by molar-refractivity contribution is 6.08. The topological polar surface area (TPSA) is 79.7 Å². The van der Waals surface area contributed by atoms with Crippen LogP contribution in [0.1, 0.15) is 25.7 Å². The molecule has 1 aliphatic carbocycles. The zero-order chi connectivity index (χ0) is 26.4. The molecule has 0 amide bonds. The van der Waals surface area contributed by atoms with Crippen molar-refractivity contribution in [3.8, 4) is 17.0 Å². The van der Waals surface area contributed by atoms with Gasteiger partial charge >= 0.3 is 0 Å². The molecular weight excluding hydrogens is 492 g/mol. The lowest BCUT2D eigenvalue weighted by atomic mass is 9.92. The normalized spacial score (nSPS) is 19.3. The van der Waals surface area contributed by atoms with Crippen molar-refractivity contribution >= 4 is 21.8 Å². The molecule has 1 aliphatic heterocycles. The highest BCUT2D eigenvalue weighted by Crippen LogP contribution is 2.32. The van der Waals surface area contributed by atoms with E-state index in [1.165, 1.54) is 41.3 Å². The van der Waals surface area contributed by atoms with Gasteiger partial charge in [-0.3, -0.25) is 4.98 Å². The average molecular weight is 531 g/mol. The number of aromatic nitrogens is 3. The predicted molar refractivity (Wildman–Crippen MR) is 152 cm³/mol. The maximum Gasteiger partial charge on any atom is 0.213 e. The molecule has 8 heteroatoms. The van der Waals surface area contributed by atoms with Crippen molar-refractivity contribution in [3.63, 3.8) is 0 Å². The number of ether oxygens (including phenoxy) is 4. The predicted octanol–water partition coefficient (Wildman–Crippen LogP) is 4.75. The molecule has 0 atom stereocenters. The molecule has 1 N–H and O–H groups in total. The SMILES string of the molecule is Cn1c2ccncc2c2ccc(-c3ccc(O[C@H]4C[C@H](OCCOCCOCCCC5CNC5)C4)nc3)cc21. The van der Waals surface area contributed by atoms with Crippen molar-refractivity contribution < 1.29 is 18.9 Å². The minimum Gasteiger partial charge on any atom is -0.474 e. The number of benzene rings is 1. The van der Waals surface area contributed by atoms with Crippen LogP contribution in [0.25, 0.3) is 32.9 Å². The van der Waals surface area contributed by atoms with E-state index < -0.39 is 0 Å². The molecule has 6 rings (SSSR count). The Morgan fingerprint density at radius 1 is 0.846 bits per heavy atom. The van der Waals surface area contributed by atoms with Crippen LogP contribution in [-0.4, -0.2) is 72.9 Å². The first-order valence-corrected chi connectivity index (χ1v) is 14.2. The van der Waals surface area contributed by atoms with Crippen molar-refractivity contribution in [1.29, 1.82) is 0 Å². The standard InChI is InChI=1S/C31H38N4O4/c1-35-29-8-9-32-21-28(29)27-6-4-23(15-30(27)35)24-5-7-31(34-20-24)39-26-16-25(17-26)38-14-13-37-12-11-36-10-2-3-22-18-33-19-22/h4-9,15,20-22,25-26,33H,2-3,10-14,16-19H2,1H3/t25-,26-. The summed E-state index contributed by atoms with van der Waals surface area (Å²) in [6.45, 7) is 5.66. The third-order valence-electron chi connectivity index (χ3n) is 7.94. The fraction of sp³-hybridized carbons (Fsp3) is 0.484. The molecule has 3 aromatic heterocycles. The highest BCUT2D eigenvalue weighted by atomic mass is 16.6. The Morgan fingerprint density at radius 2 is 1.67 bits per heavy atom. The third kappa shape index (κ3) is 6.25. The van der Waals surface area contributed by atoms with Gasteiger partial charge in [0.15, 0.2) is 0 Å². The quantitative estimate of drug-likeness (QED) is 0.236. The van der Waals surface area contributed by atoms with E-state index in [0.717, 1.165) is 42.9 Å². The first kappa shape index (κ1) is 26.2. The summed E-state index contributed by atoms with van der Waals surface area (Å²) in [5.74, 6) is 1.52. The summed E-state index contributed by atoms with van der Waals surface area (Å²) in [6.07, 6.45) is 10.2. The Hall–Kier alpha value is -3.04. The number of pyridine rings is 2. The fourth-order valence-corrected chi connectivity index (χ4v) is 5.40. The molecule has 1 saturated carbocycles. The van der Waals surface area contributed by atoms with E-state index in [1.807, 2.05) is 24.7 Å². The Kier molecular flexibility index (Phi) is 8.35. The molecular formula is C31H38N4O4. The van der Waals surface area contributed by atoms with Crippen LogP contribution >= 0.6 is 0 Å². The summed E-state index contributed by atoms with van der Waals surface area (Å²) in [5.41, 5.74) is 4.57. The molecule has 0 spiro atoms. The molecule has 4 heterocycles. The second-order valence-electron chi connectivity index (χ2n) is 10.7. The Bertz CT molecular complexity index is 1360. The smallest absolute Gasteiger partial charge is 0.213 e. The van der Waals surface area contributed by atoms with Crippen molar-refractivity contribution in [1.82, 2.24) is 19.9 Å². The third-order valence-corrected chi connectivity index (χ3v) is 7.94. The number of hydrogen-bond donors (Lipinski definition) is 1. The Labute approximate surface area is 229 Å². The van der Waals surface area contributed by atoms with Crippen molar-refractivity contribution in [3.05, 3.63) is 55.0 Å². The van der Waals surface area contributed by atoms with Gasteiger partial charge in [0.1, 0.15) is 6.10 Å². The van der Waals surface area contributed by atoms with Crippen LogP contribution in [0, 0.1) is 5.92 Å². The summed E-state index contributed by atoms with van der Waals surface area (Å²) < 4.78 is 25.4. The van der Waals surface area contributed by atoms with E-state index in [0.29, 0.717) is 32.3 Å². The number of nitrogens with zero attached hydrogens (tertiary/aromatic N) is 3. The zero-order valence-electron chi connectivity index (χ0n) is 22.7. The van der Waals surface area contributed by atoms with Gasteiger partial charge in [-0.25, -0.2) is 4.98 Å². The van der Waals surface area contributed by atoms with Crippen molar-refractivity contribution in [2.75, 3.05) is 46.1 Å². The van der Waals surface area contributed by atoms with Crippen LogP contribution in [0.4, 0.5) is 0 Å². The number of fused-ring (bicyclic) bond motifs is 3. The van der Waals surface area contributed by atoms with E-state index in [-0.39, 0.29) is 12.2 Å². The van der Waals surface area contributed by atoms with Crippen LogP contribution in [0.2, 0.25) is 0 Å². The second-order valence-corrected chi connectivity index (χ2v) is 10.7. The van der Waals surface area contributed by atoms with Crippen molar-refractivity contribution in [2.45, 2.75) is 37.9 Å². The molecule has 4 aromatic rings. The van der Waals surface area contributed by atoms with Gasteiger partial charge in [-0.2, -0.15) is 0 Å². The zero-order valence-corrected chi connectivity index (χ0v) is 22.7. The number of nitrogens with one attached hydrogen (secondary N) is 1. The molecule has 0 bridgehead atoms. The summed E-state index contributed by atoms with van der Waals surface area (Å²) >= 11 is 0. The molecule has 1 aromatic carbocycles. The average Bonchev–Trinajstić information content (AvgIpc) is 3.20. The summed E-state index contributed by atoms with van der Waals surface area (Å²) in [4.78, 5) is 8.86. The molecule has 2 fully saturated rings. The number of hydrogen-bond acceptors (Lipinski definition) is 7. The molecule has 8 nitrogen and oxygen atoms in total. The highest BCUT2D eigenvalue weighted by Gasteiger charge is 2.31. The van der Waals surface area contributed by atoms with Gasteiger partial charge < -0.3 is 28.8 Å². The second kappa shape index (κ2) is 12.4. The summed E-state index contributed by atoms with van der Waals surface area (Å²) in [7, 11) is 2.10. The summed E-state index contributed by atoms with van der Waals surface area (Å²) in [5, 5.41) is 5.69. The largest absolute Gasteiger partial charge is 0.474 e. The number of aryl methyl sites for hydroxylation is 1. The first-order valence-electron chi connectivity index (χ1n) is 14.2. The molecule has 0 unspecified atom stereocenters. The van der Waals surface area contributed by atoms with Gasteiger partial charge in [-0.05, 0) is 55.6 Å². The van der Waals surface area contributed by atoms with Crippen LogP contribution in [-0.2, 0) is 21.3 Å². The van der Waals surface area contributed by atoms with Gasteiger partial charge in [0.25, 0.3) is 0 Å². The molecule has 0 radical (unpaired) electrons. The van der Waals surface area contributed by atoms with E-state index in [1.54, 1.807) is 0 Å². The minimum atomic E-state index is 0.152. The Morgan fingerprint density at radius 3 is 2.46 bits per heavy atom. The van der Waals surface area contributed by atoms with E-state index in [9.17, 15) is 0 Å². The van der Waals surface area contributed by atoms with E-state index >= 15 is 0 Å². The van der Waals surface area contributed by atoms with E-state index in [2.05, 4.69) is 57.2 Å². The minimum absolute atomic E-state index is 0.152. The van der Waals surface area contributed by atoms with Gasteiger partial charge in [-0.1, -0.05) is 12.1 Å². The fourth-order valence-electron chi connectivity index (χ4n) is 5.40. The van der Waals surface area contributed by atoms with Crippen LogP contribution < -0.4 is 10.1 Å². The van der Waals surface area contributed by atoms with Gasteiger partial charge in [0.05, 0.1) is 38.0 Å². The van der Waals surface area contributed by atoms with Crippen LogP contribution in [0.3, 0.4) is 0 Å². The summed E-state index contributed by atoms with van der Waals surface area (Å²) in [6, 6.07) is 12.6. The van der Waals surface area contributed by atoms with Gasteiger partial charge in [0.2, 0.25) is 5.88 Å². The lowest BCUT2D eigenvalue weighted by Gasteiger charge is -2.34. The monoisotopic (exact) mass is 530 g/mol. The molecule has 39 heavy (non-hydrogen) atoms.